The number of carboxylic acids is 1. The van der Waals surface area contributed by atoms with Crippen LogP contribution in [0.2, 0.25) is 0 Å². The van der Waals surface area contributed by atoms with E-state index in [1.807, 2.05) is 6.07 Å². The van der Waals surface area contributed by atoms with Gasteiger partial charge < -0.3 is 5.11 Å². The summed E-state index contributed by atoms with van der Waals surface area (Å²) in [5, 5.41) is 8.51. The number of hydroxylamine groups is 1. The van der Waals surface area contributed by atoms with Gasteiger partial charge in [-0.05, 0) is 25.3 Å². The van der Waals surface area contributed by atoms with Gasteiger partial charge in [-0.3, -0.25) is 10.3 Å². The van der Waals surface area contributed by atoms with Crippen molar-refractivity contribution in [1.82, 2.24) is 5.48 Å². The van der Waals surface area contributed by atoms with Crippen LogP contribution in [0.5, 0.6) is 0 Å². The predicted molar refractivity (Wildman–Crippen MR) is 65.4 cm³/mol. The van der Waals surface area contributed by atoms with Crippen LogP contribution in [0.15, 0.2) is 36.5 Å². The average molecular weight is 235 g/mol. The zero-order valence-electron chi connectivity index (χ0n) is 9.90. The van der Waals surface area contributed by atoms with Crippen molar-refractivity contribution in [2.75, 3.05) is 6.61 Å². The van der Waals surface area contributed by atoms with Gasteiger partial charge in [-0.2, -0.15) is 0 Å². The smallest absolute Gasteiger partial charge is 0.353 e. The lowest BCUT2D eigenvalue weighted by Gasteiger charge is -2.06. The van der Waals surface area contributed by atoms with E-state index in [1.54, 1.807) is 0 Å². The summed E-state index contributed by atoms with van der Waals surface area (Å²) in [6.07, 6.45) is 1.73. The molecule has 92 valence electrons. The Labute approximate surface area is 101 Å². The molecule has 0 aromatic heterocycles. The summed E-state index contributed by atoms with van der Waals surface area (Å²) in [6.45, 7) is 5.78. The van der Waals surface area contributed by atoms with E-state index in [0.29, 0.717) is 6.61 Å². The van der Waals surface area contributed by atoms with Gasteiger partial charge in [-0.15, -0.1) is 0 Å². The Bertz CT molecular complexity index is 401. The van der Waals surface area contributed by atoms with E-state index in [-0.39, 0.29) is 5.70 Å². The van der Waals surface area contributed by atoms with E-state index < -0.39 is 5.97 Å². The van der Waals surface area contributed by atoms with Crippen LogP contribution in [0.1, 0.15) is 17.5 Å². The Hall–Kier alpha value is -1.81. The van der Waals surface area contributed by atoms with E-state index in [2.05, 4.69) is 37.2 Å². The summed E-state index contributed by atoms with van der Waals surface area (Å²) in [4.78, 5) is 15.4. The summed E-state index contributed by atoms with van der Waals surface area (Å²) in [6, 6.07) is 8.27. The summed E-state index contributed by atoms with van der Waals surface area (Å²) >= 11 is 0. The van der Waals surface area contributed by atoms with E-state index >= 15 is 0 Å². The summed E-state index contributed by atoms with van der Waals surface area (Å²) < 4.78 is 0. The lowest BCUT2D eigenvalue weighted by Crippen LogP contribution is -2.20. The molecule has 0 saturated heterocycles. The van der Waals surface area contributed by atoms with E-state index in [1.165, 1.54) is 11.1 Å². The maximum atomic E-state index is 10.4. The minimum Gasteiger partial charge on any atom is -0.477 e. The minimum absolute atomic E-state index is 0.152. The number of aryl methyl sites for hydroxylation is 2. The van der Waals surface area contributed by atoms with Gasteiger partial charge in [0.05, 0.1) is 6.61 Å². The number of hydrogen-bond acceptors (Lipinski definition) is 3. The van der Waals surface area contributed by atoms with Gasteiger partial charge in [-0.25, -0.2) is 4.79 Å². The number of hydrogen-bond donors (Lipinski definition) is 2. The first-order chi connectivity index (χ1) is 8.09. The van der Waals surface area contributed by atoms with Crippen molar-refractivity contribution >= 4 is 5.97 Å². The monoisotopic (exact) mass is 235 g/mol. The molecule has 4 nitrogen and oxygen atoms in total. The normalized spacial score (nSPS) is 9.94. The van der Waals surface area contributed by atoms with Crippen molar-refractivity contribution in [3.63, 3.8) is 0 Å². The molecule has 1 rings (SSSR count). The Morgan fingerprint density at radius 3 is 2.94 bits per heavy atom. The number of carbonyl (C=O) groups is 1. The molecule has 2 N–H and O–H groups in total. The largest absolute Gasteiger partial charge is 0.477 e. The van der Waals surface area contributed by atoms with Crippen LogP contribution in [0.4, 0.5) is 0 Å². The van der Waals surface area contributed by atoms with Crippen LogP contribution in [0.25, 0.3) is 0 Å². The topological polar surface area (TPSA) is 58.6 Å². The first-order valence-corrected chi connectivity index (χ1v) is 5.45. The number of rotatable bonds is 7. The van der Waals surface area contributed by atoms with Crippen molar-refractivity contribution in [1.29, 1.82) is 0 Å². The molecule has 17 heavy (non-hydrogen) atoms. The molecule has 0 fully saturated rings. The molecule has 0 aliphatic rings. The molecular weight excluding hydrogens is 218 g/mol. The van der Waals surface area contributed by atoms with Crippen LogP contribution in [0, 0.1) is 6.92 Å². The Morgan fingerprint density at radius 1 is 1.53 bits per heavy atom. The lowest BCUT2D eigenvalue weighted by molar-refractivity contribution is -0.134. The Morgan fingerprint density at radius 2 is 2.29 bits per heavy atom. The molecule has 0 bridgehead atoms. The molecule has 1 aromatic carbocycles. The number of carboxylic acid groups (broad SMARTS) is 1. The zero-order valence-corrected chi connectivity index (χ0v) is 9.90. The Kier molecular flexibility index (Phi) is 5.23. The maximum absolute atomic E-state index is 10.4. The number of benzene rings is 1. The molecular formula is C13H17NO3. The number of nitrogens with one attached hydrogen (secondary N) is 1. The Balaban J connectivity index is 2.16. The summed E-state index contributed by atoms with van der Waals surface area (Å²) in [5.41, 5.74) is 4.63. The minimum atomic E-state index is -1.11. The van der Waals surface area contributed by atoms with E-state index in [0.717, 1.165) is 12.8 Å². The predicted octanol–water partition coefficient (Wildman–Crippen LogP) is 2.05. The highest BCUT2D eigenvalue weighted by Gasteiger charge is 2.01. The third-order valence-corrected chi connectivity index (χ3v) is 2.25. The van der Waals surface area contributed by atoms with Gasteiger partial charge in [0.2, 0.25) is 0 Å². The SMILES string of the molecule is C=C(NOCCCc1cccc(C)c1)C(=O)O. The third-order valence-electron chi connectivity index (χ3n) is 2.25. The van der Waals surface area contributed by atoms with Crippen LogP contribution in [-0.4, -0.2) is 17.7 Å². The zero-order chi connectivity index (χ0) is 12.7. The van der Waals surface area contributed by atoms with Crippen molar-refractivity contribution in [2.24, 2.45) is 0 Å². The van der Waals surface area contributed by atoms with Gasteiger partial charge in [-0.1, -0.05) is 36.4 Å². The first-order valence-electron chi connectivity index (χ1n) is 5.45. The fourth-order valence-electron chi connectivity index (χ4n) is 1.40. The molecule has 0 spiro atoms. The molecule has 1 aromatic rings. The molecule has 0 atom stereocenters. The second-order valence-corrected chi connectivity index (χ2v) is 3.83. The second kappa shape index (κ2) is 6.70. The highest BCUT2D eigenvalue weighted by atomic mass is 16.6. The summed E-state index contributed by atoms with van der Waals surface area (Å²) in [7, 11) is 0. The van der Waals surface area contributed by atoms with Crippen LogP contribution in [0.3, 0.4) is 0 Å². The molecule has 0 aliphatic heterocycles. The molecule has 4 heteroatoms. The highest BCUT2D eigenvalue weighted by molar-refractivity contribution is 5.84. The van der Waals surface area contributed by atoms with Crippen LogP contribution in [-0.2, 0) is 16.1 Å². The molecule has 0 aliphatic carbocycles. The third kappa shape index (κ3) is 5.17. The standard InChI is InChI=1S/C13H17NO3/c1-10-5-3-6-12(9-10)7-4-8-17-14-11(2)13(15)16/h3,5-6,9,14H,2,4,7-8H2,1H3,(H,15,16). The quantitative estimate of drug-likeness (QED) is 0.431. The lowest BCUT2D eigenvalue weighted by atomic mass is 10.1. The highest BCUT2D eigenvalue weighted by Crippen LogP contribution is 2.06. The second-order valence-electron chi connectivity index (χ2n) is 3.83. The van der Waals surface area contributed by atoms with Crippen molar-refractivity contribution in [3.05, 3.63) is 47.7 Å². The van der Waals surface area contributed by atoms with Gasteiger partial charge in [0.1, 0.15) is 5.70 Å². The van der Waals surface area contributed by atoms with Crippen LogP contribution >= 0.6 is 0 Å². The van der Waals surface area contributed by atoms with Gasteiger partial charge in [0, 0.05) is 0 Å². The number of aliphatic carboxylic acids is 1. The van der Waals surface area contributed by atoms with E-state index in [9.17, 15) is 4.79 Å². The molecule has 0 heterocycles. The van der Waals surface area contributed by atoms with Crippen molar-refractivity contribution < 1.29 is 14.7 Å². The fraction of sp³-hybridized carbons (Fsp3) is 0.308. The first kappa shape index (κ1) is 13.3. The fourth-order valence-corrected chi connectivity index (χ4v) is 1.40. The van der Waals surface area contributed by atoms with Crippen LogP contribution < -0.4 is 5.48 Å². The van der Waals surface area contributed by atoms with Crippen molar-refractivity contribution in [2.45, 2.75) is 19.8 Å². The van der Waals surface area contributed by atoms with E-state index in [4.69, 9.17) is 9.94 Å². The van der Waals surface area contributed by atoms with Gasteiger partial charge in [0.15, 0.2) is 0 Å². The summed E-state index contributed by atoms with van der Waals surface area (Å²) in [5.74, 6) is -1.11. The molecule has 0 unspecified atom stereocenters. The maximum Gasteiger partial charge on any atom is 0.353 e. The van der Waals surface area contributed by atoms with Gasteiger partial charge >= 0.3 is 5.97 Å². The average Bonchev–Trinajstić information content (AvgIpc) is 2.28. The molecule has 0 radical (unpaired) electrons. The molecule has 0 amide bonds. The molecule has 0 saturated carbocycles. The van der Waals surface area contributed by atoms with Gasteiger partial charge in [0.25, 0.3) is 0 Å². The van der Waals surface area contributed by atoms with Crippen molar-refractivity contribution in [3.8, 4) is 0 Å².